The number of nitriles is 1. The van der Waals surface area contributed by atoms with Gasteiger partial charge in [-0.05, 0) is 31.9 Å². The lowest BCUT2D eigenvalue weighted by Gasteiger charge is -2.20. The number of nitrogen functional groups attached to an aromatic ring is 1. The summed E-state index contributed by atoms with van der Waals surface area (Å²) in [5.41, 5.74) is 7.90. The summed E-state index contributed by atoms with van der Waals surface area (Å²) in [6, 6.07) is 8.47. The normalized spacial score (nSPS) is 14.1. The monoisotopic (exact) mass is 299 g/mol. The lowest BCUT2D eigenvalue weighted by Crippen LogP contribution is -2.33. The highest BCUT2D eigenvalue weighted by molar-refractivity contribution is 7.21. The average molecular weight is 299 g/mol. The molecular weight excluding hydrogens is 282 g/mol. The summed E-state index contributed by atoms with van der Waals surface area (Å²) in [7, 11) is 0. The minimum Gasteiger partial charge on any atom is -0.397 e. The summed E-state index contributed by atoms with van der Waals surface area (Å²) in [6.45, 7) is 2.51. The van der Waals surface area contributed by atoms with Gasteiger partial charge in [-0.25, -0.2) is 0 Å². The number of hydrogen-bond acceptors (Lipinski definition) is 4. The molecule has 4 nitrogen and oxygen atoms in total. The Bertz CT molecular complexity index is 740. The van der Waals surface area contributed by atoms with E-state index in [1.165, 1.54) is 11.3 Å². The highest BCUT2D eigenvalue weighted by atomic mass is 32.1. The Balaban J connectivity index is 1.96. The minimum atomic E-state index is -0.0240. The number of aryl methyl sites for hydroxylation is 1. The number of hydrogen-bond donors (Lipinski definition) is 1. The van der Waals surface area contributed by atoms with E-state index in [1.54, 1.807) is 0 Å². The molecule has 0 saturated heterocycles. The molecule has 1 fully saturated rings. The number of benzene rings is 1. The Morgan fingerprint density at radius 2 is 2.29 bits per heavy atom. The maximum Gasteiger partial charge on any atom is 0.266 e. The standard InChI is InChI=1S/C16H17N3OS/c1-10-3-6-13-12(9-10)14(18)15(21-13)16(20)19(8-2-7-17)11-4-5-11/h3,6,9,11H,2,4-5,8,18H2,1H3. The number of fused-ring (bicyclic) bond motifs is 1. The van der Waals surface area contributed by atoms with Crippen LogP contribution in [0.5, 0.6) is 0 Å². The van der Waals surface area contributed by atoms with Crippen LogP contribution in [0.4, 0.5) is 5.69 Å². The van der Waals surface area contributed by atoms with Gasteiger partial charge in [0.05, 0.1) is 18.2 Å². The van der Waals surface area contributed by atoms with Gasteiger partial charge in [0.25, 0.3) is 5.91 Å². The Labute approximate surface area is 127 Å². The molecule has 1 aliphatic rings. The van der Waals surface area contributed by atoms with Crippen molar-refractivity contribution >= 4 is 33.0 Å². The fraction of sp³-hybridized carbons (Fsp3) is 0.375. The van der Waals surface area contributed by atoms with Crippen LogP contribution >= 0.6 is 11.3 Å². The van der Waals surface area contributed by atoms with Crippen molar-refractivity contribution in [2.75, 3.05) is 12.3 Å². The predicted molar refractivity (Wildman–Crippen MR) is 85.3 cm³/mol. The first-order valence-electron chi connectivity index (χ1n) is 7.08. The number of thiophene rings is 1. The molecule has 0 unspecified atom stereocenters. The molecule has 1 aliphatic carbocycles. The van der Waals surface area contributed by atoms with E-state index >= 15 is 0 Å². The number of rotatable bonds is 4. The van der Waals surface area contributed by atoms with Crippen molar-refractivity contribution in [2.45, 2.75) is 32.2 Å². The second-order valence-electron chi connectivity index (χ2n) is 5.48. The van der Waals surface area contributed by atoms with Crippen molar-refractivity contribution < 1.29 is 4.79 Å². The van der Waals surface area contributed by atoms with E-state index in [1.807, 2.05) is 30.0 Å². The molecule has 1 aromatic carbocycles. The van der Waals surface area contributed by atoms with Crippen LogP contribution in [0, 0.1) is 18.3 Å². The van der Waals surface area contributed by atoms with E-state index in [4.69, 9.17) is 11.0 Å². The van der Waals surface area contributed by atoms with Gasteiger partial charge in [-0.3, -0.25) is 4.79 Å². The Kier molecular flexibility index (Phi) is 3.56. The maximum atomic E-state index is 12.8. The Hall–Kier alpha value is -2.06. The molecule has 108 valence electrons. The molecular formula is C16H17N3OS. The zero-order valence-corrected chi connectivity index (χ0v) is 12.7. The van der Waals surface area contributed by atoms with E-state index < -0.39 is 0 Å². The van der Waals surface area contributed by atoms with E-state index in [0.29, 0.717) is 23.5 Å². The van der Waals surface area contributed by atoms with Gasteiger partial charge in [-0.1, -0.05) is 11.6 Å². The van der Waals surface area contributed by atoms with Crippen LogP contribution in [0.15, 0.2) is 18.2 Å². The van der Waals surface area contributed by atoms with Crippen LogP contribution in [-0.4, -0.2) is 23.4 Å². The van der Waals surface area contributed by atoms with E-state index in [-0.39, 0.29) is 11.9 Å². The first kappa shape index (κ1) is 13.9. The molecule has 1 aromatic heterocycles. The third kappa shape index (κ3) is 2.59. The predicted octanol–water partition coefficient (Wildman–Crippen LogP) is 3.31. The van der Waals surface area contributed by atoms with Crippen molar-refractivity contribution in [3.05, 3.63) is 28.6 Å². The quantitative estimate of drug-likeness (QED) is 0.941. The Morgan fingerprint density at radius 3 is 2.95 bits per heavy atom. The van der Waals surface area contributed by atoms with Gasteiger partial charge >= 0.3 is 0 Å². The summed E-state index contributed by atoms with van der Waals surface area (Å²) in [5, 5.41) is 9.72. The molecule has 1 saturated carbocycles. The number of amides is 1. The van der Waals surface area contributed by atoms with Crippen molar-refractivity contribution in [2.24, 2.45) is 0 Å². The molecule has 1 heterocycles. The summed E-state index contributed by atoms with van der Waals surface area (Å²) in [4.78, 5) is 15.2. The zero-order chi connectivity index (χ0) is 15.0. The second kappa shape index (κ2) is 5.38. The number of anilines is 1. The number of nitrogens with two attached hydrogens (primary N) is 1. The summed E-state index contributed by atoms with van der Waals surface area (Å²) >= 11 is 1.45. The molecule has 3 rings (SSSR count). The smallest absolute Gasteiger partial charge is 0.266 e. The van der Waals surface area contributed by atoms with Crippen LogP contribution < -0.4 is 5.73 Å². The van der Waals surface area contributed by atoms with Crippen LogP contribution in [0.1, 0.15) is 34.5 Å². The number of nitrogens with zero attached hydrogens (tertiary/aromatic N) is 2. The van der Waals surface area contributed by atoms with Gasteiger partial charge in [0.15, 0.2) is 0 Å². The summed E-state index contributed by atoms with van der Waals surface area (Å²) in [6.07, 6.45) is 2.42. The molecule has 5 heteroatoms. The first-order valence-corrected chi connectivity index (χ1v) is 7.90. The minimum absolute atomic E-state index is 0.0240. The fourth-order valence-electron chi connectivity index (χ4n) is 2.53. The second-order valence-corrected chi connectivity index (χ2v) is 6.53. The number of carbonyl (C=O) groups excluding carboxylic acids is 1. The largest absolute Gasteiger partial charge is 0.397 e. The molecule has 2 aromatic rings. The van der Waals surface area contributed by atoms with Gasteiger partial charge in [-0.15, -0.1) is 11.3 Å². The highest BCUT2D eigenvalue weighted by Gasteiger charge is 2.34. The van der Waals surface area contributed by atoms with Crippen LogP contribution in [0.2, 0.25) is 0 Å². The van der Waals surface area contributed by atoms with E-state index in [0.717, 1.165) is 28.5 Å². The molecule has 0 atom stereocenters. The van der Waals surface area contributed by atoms with Crippen molar-refractivity contribution in [3.8, 4) is 6.07 Å². The van der Waals surface area contributed by atoms with Gasteiger partial charge < -0.3 is 10.6 Å². The van der Waals surface area contributed by atoms with Crippen LogP contribution in [0.3, 0.4) is 0 Å². The molecule has 2 N–H and O–H groups in total. The van der Waals surface area contributed by atoms with E-state index in [2.05, 4.69) is 6.07 Å². The molecule has 0 spiro atoms. The summed E-state index contributed by atoms with van der Waals surface area (Å²) in [5.74, 6) is -0.0240. The van der Waals surface area contributed by atoms with Crippen LogP contribution in [-0.2, 0) is 0 Å². The van der Waals surface area contributed by atoms with Crippen LogP contribution in [0.25, 0.3) is 10.1 Å². The molecule has 21 heavy (non-hydrogen) atoms. The molecule has 0 bridgehead atoms. The van der Waals surface area contributed by atoms with Crippen molar-refractivity contribution in [3.63, 3.8) is 0 Å². The molecule has 0 radical (unpaired) electrons. The fourth-order valence-corrected chi connectivity index (χ4v) is 3.59. The lowest BCUT2D eigenvalue weighted by molar-refractivity contribution is 0.0753. The molecule has 1 amide bonds. The maximum absolute atomic E-state index is 12.8. The van der Waals surface area contributed by atoms with Gasteiger partial charge in [0.1, 0.15) is 4.88 Å². The van der Waals surface area contributed by atoms with Crippen molar-refractivity contribution in [1.29, 1.82) is 5.26 Å². The van der Waals surface area contributed by atoms with Gasteiger partial charge in [-0.2, -0.15) is 5.26 Å². The van der Waals surface area contributed by atoms with Crippen molar-refractivity contribution in [1.82, 2.24) is 4.90 Å². The SMILES string of the molecule is Cc1ccc2sc(C(=O)N(CCC#N)C3CC3)c(N)c2c1. The lowest BCUT2D eigenvalue weighted by atomic mass is 10.1. The number of carbonyl (C=O) groups is 1. The topological polar surface area (TPSA) is 70.1 Å². The average Bonchev–Trinajstić information content (AvgIpc) is 3.25. The van der Waals surface area contributed by atoms with Gasteiger partial charge in [0, 0.05) is 22.7 Å². The summed E-state index contributed by atoms with van der Waals surface area (Å²) < 4.78 is 1.04. The third-order valence-corrected chi connectivity index (χ3v) is 4.96. The van der Waals surface area contributed by atoms with Gasteiger partial charge in [0.2, 0.25) is 0 Å². The Morgan fingerprint density at radius 1 is 1.52 bits per heavy atom. The third-order valence-electron chi connectivity index (χ3n) is 3.79. The highest BCUT2D eigenvalue weighted by Crippen LogP contribution is 2.37. The first-order chi connectivity index (χ1) is 10.1. The zero-order valence-electron chi connectivity index (χ0n) is 11.9. The molecule has 0 aliphatic heterocycles. The van der Waals surface area contributed by atoms with E-state index in [9.17, 15) is 4.79 Å².